The molecule has 0 amide bonds. The van der Waals surface area contributed by atoms with Gasteiger partial charge in [0.25, 0.3) is 5.56 Å². The molecule has 2 aromatic carbocycles. The summed E-state index contributed by atoms with van der Waals surface area (Å²) in [6.07, 6.45) is 1.25. The lowest BCUT2D eigenvalue weighted by Gasteiger charge is -2.20. The van der Waals surface area contributed by atoms with Crippen molar-refractivity contribution >= 4 is 17.1 Å². The van der Waals surface area contributed by atoms with Crippen LogP contribution in [0.4, 0.5) is 0 Å². The third-order valence-corrected chi connectivity index (χ3v) is 5.55. The fourth-order valence-electron chi connectivity index (χ4n) is 3.66. The van der Waals surface area contributed by atoms with Gasteiger partial charge in [0.1, 0.15) is 12.6 Å². The van der Waals surface area contributed by atoms with Crippen LogP contribution in [0.5, 0.6) is 0 Å². The normalized spacial score (nSPS) is 11.1. The van der Waals surface area contributed by atoms with Gasteiger partial charge in [-0.1, -0.05) is 60.7 Å². The number of ether oxygens (including phenoxy) is 1. The van der Waals surface area contributed by atoms with Crippen LogP contribution in [-0.2, 0) is 30.2 Å². The van der Waals surface area contributed by atoms with Crippen LogP contribution in [0.1, 0.15) is 17.2 Å². The van der Waals surface area contributed by atoms with E-state index in [1.165, 1.54) is 40.7 Å². The van der Waals surface area contributed by atoms with Gasteiger partial charge in [0.15, 0.2) is 11.2 Å². The molecule has 0 aliphatic carbocycles. The zero-order valence-corrected chi connectivity index (χ0v) is 20.9. The second kappa shape index (κ2) is 12.1. The van der Waals surface area contributed by atoms with Crippen molar-refractivity contribution in [3.05, 3.63) is 99.0 Å². The van der Waals surface area contributed by atoms with Crippen molar-refractivity contribution in [2.45, 2.75) is 12.6 Å². The maximum absolute atomic E-state index is 11.9. The van der Waals surface area contributed by atoms with Crippen molar-refractivity contribution in [3.8, 4) is 0 Å². The van der Waals surface area contributed by atoms with Gasteiger partial charge in [0.05, 0.1) is 12.9 Å². The summed E-state index contributed by atoms with van der Waals surface area (Å²) in [6.45, 7) is 1.28. The second-order valence-corrected chi connectivity index (χ2v) is 8.52. The van der Waals surface area contributed by atoms with Gasteiger partial charge in [-0.15, -0.1) is 0 Å². The molecule has 36 heavy (non-hydrogen) atoms. The van der Waals surface area contributed by atoms with Gasteiger partial charge in [-0.3, -0.25) is 18.7 Å². The Balaban J connectivity index is 0.000000202. The Morgan fingerprint density at radius 1 is 0.972 bits per heavy atom. The molecule has 4 rings (SSSR count). The number of aryl methyl sites for hydroxylation is 1. The predicted molar refractivity (Wildman–Crippen MR) is 137 cm³/mol. The molecule has 0 spiro atoms. The Hall–Kier alpha value is -4.02. The van der Waals surface area contributed by atoms with Crippen molar-refractivity contribution in [2.75, 3.05) is 27.2 Å². The van der Waals surface area contributed by atoms with Crippen molar-refractivity contribution < 1.29 is 14.6 Å². The zero-order valence-electron chi connectivity index (χ0n) is 20.9. The fraction of sp³-hybridized carbons (Fsp3) is 0.308. The number of likely N-dealkylation sites (N-methyl/N-ethyl adjacent to an activating group) is 1. The van der Waals surface area contributed by atoms with Gasteiger partial charge in [-0.05, 0) is 25.2 Å². The van der Waals surface area contributed by atoms with E-state index in [2.05, 4.69) is 72.5 Å². The smallest absolute Gasteiger partial charge is 0.332 e. The summed E-state index contributed by atoms with van der Waals surface area (Å²) in [5, 5.41) is 8.70. The van der Waals surface area contributed by atoms with Crippen LogP contribution in [0.15, 0.2) is 76.6 Å². The van der Waals surface area contributed by atoms with Crippen LogP contribution in [0.25, 0.3) is 11.2 Å². The first-order valence-corrected chi connectivity index (χ1v) is 11.4. The summed E-state index contributed by atoms with van der Waals surface area (Å²) >= 11 is 0. The van der Waals surface area contributed by atoms with E-state index in [0.717, 1.165) is 17.7 Å². The summed E-state index contributed by atoms with van der Waals surface area (Å²) in [5.74, 6) is -1.08. The summed E-state index contributed by atoms with van der Waals surface area (Å²) in [4.78, 5) is 40.1. The molecule has 4 aromatic rings. The Kier molecular flexibility index (Phi) is 8.93. The first-order chi connectivity index (χ1) is 17.2. The van der Waals surface area contributed by atoms with Gasteiger partial charge < -0.3 is 19.3 Å². The maximum atomic E-state index is 11.9. The quantitative estimate of drug-likeness (QED) is 0.399. The minimum Gasteiger partial charge on any atom is -0.480 e. The number of benzene rings is 2. The number of nitrogens with zero attached hydrogens (tertiary/aromatic N) is 5. The van der Waals surface area contributed by atoms with E-state index in [1.807, 2.05) is 12.1 Å². The maximum Gasteiger partial charge on any atom is 0.332 e. The summed E-state index contributed by atoms with van der Waals surface area (Å²) in [6, 6.07) is 20.8. The number of aromatic nitrogens is 4. The highest BCUT2D eigenvalue weighted by atomic mass is 16.5. The Morgan fingerprint density at radius 3 is 2.03 bits per heavy atom. The van der Waals surface area contributed by atoms with Crippen molar-refractivity contribution in [3.63, 3.8) is 0 Å². The molecule has 0 aliphatic heterocycles. The molecule has 10 heteroatoms. The molecule has 0 saturated carbocycles. The molecule has 2 aromatic heterocycles. The number of carboxylic acids is 1. The third-order valence-electron chi connectivity index (χ3n) is 5.55. The number of hydrogen-bond donors (Lipinski definition) is 1. The lowest BCUT2D eigenvalue weighted by molar-refractivity contribution is -0.137. The standard InChI is InChI=1S/C17H21NO.C9H10N4O4/c1-18(2)13-14-19-17(15-9-5-3-6-10-15)16-11-7-4-8-12-16;1-11-7-6(8(16)12(2)9(11)17)13(4-10-7)3-5(14)15/h3-12,17H,13-14H2,1-2H3;4H,3H2,1-2H3,(H,14,15). The van der Waals surface area contributed by atoms with Crippen LogP contribution in [0, 0.1) is 0 Å². The minimum atomic E-state index is -1.08. The summed E-state index contributed by atoms with van der Waals surface area (Å²) < 4.78 is 9.41. The van der Waals surface area contributed by atoms with Gasteiger partial charge in [0.2, 0.25) is 0 Å². The van der Waals surface area contributed by atoms with Gasteiger partial charge >= 0.3 is 11.7 Å². The second-order valence-electron chi connectivity index (χ2n) is 8.52. The van der Waals surface area contributed by atoms with Gasteiger partial charge in [-0.2, -0.15) is 0 Å². The average Bonchev–Trinajstić information content (AvgIpc) is 3.28. The van der Waals surface area contributed by atoms with Crippen LogP contribution in [0.3, 0.4) is 0 Å². The van der Waals surface area contributed by atoms with Gasteiger partial charge in [0, 0.05) is 20.6 Å². The lowest BCUT2D eigenvalue weighted by atomic mass is 10.0. The fourth-order valence-corrected chi connectivity index (χ4v) is 3.66. The van der Waals surface area contributed by atoms with E-state index in [9.17, 15) is 14.4 Å². The number of carboxylic acid groups (broad SMARTS) is 1. The van der Waals surface area contributed by atoms with Crippen molar-refractivity contribution in [1.29, 1.82) is 0 Å². The third kappa shape index (κ3) is 6.35. The Morgan fingerprint density at radius 2 is 1.53 bits per heavy atom. The number of rotatable bonds is 8. The SMILES string of the molecule is CN(C)CCOC(c1ccccc1)c1ccccc1.Cn1c(=O)c2c(ncn2CC(=O)O)n(C)c1=O. The highest BCUT2D eigenvalue weighted by molar-refractivity contribution is 5.74. The van der Waals surface area contributed by atoms with Gasteiger partial charge in [-0.25, -0.2) is 9.78 Å². The molecular weight excluding hydrogens is 462 g/mol. The molecule has 1 N–H and O–H groups in total. The van der Waals surface area contributed by atoms with E-state index in [4.69, 9.17) is 9.84 Å². The topological polar surface area (TPSA) is 112 Å². The summed E-state index contributed by atoms with van der Waals surface area (Å²) in [7, 11) is 6.93. The van der Waals surface area contributed by atoms with E-state index in [-0.39, 0.29) is 23.8 Å². The number of aliphatic carboxylic acids is 1. The molecule has 0 radical (unpaired) electrons. The number of hydrogen-bond acceptors (Lipinski definition) is 6. The molecule has 0 bridgehead atoms. The zero-order chi connectivity index (χ0) is 26.2. The molecule has 0 aliphatic rings. The number of carbonyl (C=O) groups is 1. The average molecular weight is 494 g/mol. The van der Waals surface area contributed by atoms with E-state index < -0.39 is 17.2 Å². The number of fused-ring (bicyclic) bond motifs is 1. The molecule has 0 unspecified atom stereocenters. The van der Waals surface area contributed by atoms with E-state index in [0.29, 0.717) is 0 Å². The minimum absolute atomic E-state index is 0.0161. The summed E-state index contributed by atoms with van der Waals surface area (Å²) in [5.41, 5.74) is 1.64. The van der Waals surface area contributed by atoms with Crippen LogP contribution >= 0.6 is 0 Å². The number of imidazole rings is 1. The molecule has 10 nitrogen and oxygen atoms in total. The largest absolute Gasteiger partial charge is 0.480 e. The predicted octanol–water partition coefficient (Wildman–Crippen LogP) is 1.87. The monoisotopic (exact) mass is 493 g/mol. The first kappa shape index (κ1) is 26.6. The van der Waals surface area contributed by atoms with Crippen LogP contribution < -0.4 is 11.2 Å². The molecule has 190 valence electrons. The van der Waals surface area contributed by atoms with E-state index in [1.54, 1.807) is 0 Å². The molecule has 2 heterocycles. The molecule has 0 atom stereocenters. The first-order valence-electron chi connectivity index (χ1n) is 11.4. The van der Waals surface area contributed by atoms with Crippen LogP contribution in [-0.4, -0.2) is 61.9 Å². The highest BCUT2D eigenvalue weighted by Crippen LogP contribution is 2.25. The Labute approximate surface area is 208 Å². The molecule has 0 saturated heterocycles. The molecular formula is C26H31N5O5. The highest BCUT2D eigenvalue weighted by Gasteiger charge is 2.15. The molecule has 0 fully saturated rings. The van der Waals surface area contributed by atoms with Crippen molar-refractivity contribution in [2.24, 2.45) is 14.1 Å². The van der Waals surface area contributed by atoms with E-state index >= 15 is 0 Å². The van der Waals surface area contributed by atoms with Crippen LogP contribution in [0.2, 0.25) is 0 Å². The lowest BCUT2D eigenvalue weighted by Crippen LogP contribution is -2.37. The van der Waals surface area contributed by atoms with Crippen molar-refractivity contribution in [1.82, 2.24) is 23.6 Å². The Bertz CT molecular complexity index is 1370.